The lowest BCUT2D eigenvalue weighted by atomic mass is 10.7. The van der Waals surface area contributed by atoms with Crippen LogP contribution in [0.3, 0.4) is 0 Å². The van der Waals surface area contributed by atoms with Gasteiger partial charge in [0.1, 0.15) is 0 Å². The third-order valence-corrected chi connectivity index (χ3v) is 0.529. The first kappa shape index (κ1) is 6.63. The molecule has 0 saturated heterocycles. The van der Waals surface area contributed by atoms with Crippen LogP contribution in [0.1, 0.15) is 6.92 Å². The van der Waals surface area contributed by atoms with Crippen LogP contribution in [0.2, 0.25) is 0 Å². The Morgan fingerprint density at radius 2 is 2.43 bits per heavy atom. The number of rotatable bonds is 3. The molecule has 0 aliphatic carbocycles. The number of ether oxygens (including phenoxy) is 1. The van der Waals surface area contributed by atoms with E-state index >= 15 is 0 Å². The molecule has 0 saturated carbocycles. The lowest BCUT2D eigenvalue weighted by Crippen LogP contribution is -1.92. The summed E-state index contributed by atoms with van der Waals surface area (Å²) in [6, 6.07) is 0. The third-order valence-electron chi connectivity index (χ3n) is 0.529. The van der Waals surface area contributed by atoms with Crippen molar-refractivity contribution in [1.29, 1.82) is 0 Å². The van der Waals surface area contributed by atoms with E-state index in [4.69, 9.17) is 4.74 Å². The minimum absolute atomic E-state index is 0.521. The maximum Gasteiger partial charge on any atom is 0.0902 e. The Kier molecular flexibility index (Phi) is 5.33. The number of hydrogen-bond acceptors (Lipinski definition) is 2. The van der Waals surface area contributed by atoms with Gasteiger partial charge < -0.3 is 4.74 Å². The SMILES string of the molecule is CCOC/[C]=N\C. The van der Waals surface area contributed by atoms with Gasteiger partial charge in [0.05, 0.1) is 12.8 Å². The Balaban J connectivity index is 2.69. The molecule has 0 heterocycles. The predicted molar refractivity (Wildman–Crippen MR) is 29.9 cm³/mol. The summed E-state index contributed by atoms with van der Waals surface area (Å²) < 4.78 is 4.87. The standard InChI is InChI=1S/C5H10NO/c1-3-7-5-4-6-2/h3,5H2,1-2H3. The normalized spacial score (nSPS) is 10.6. The van der Waals surface area contributed by atoms with Gasteiger partial charge in [-0.05, 0) is 6.92 Å². The highest BCUT2D eigenvalue weighted by Crippen LogP contribution is 1.65. The molecule has 0 fully saturated rings. The van der Waals surface area contributed by atoms with Crippen molar-refractivity contribution in [3.63, 3.8) is 0 Å². The second-order valence-electron chi connectivity index (χ2n) is 1.02. The van der Waals surface area contributed by atoms with Crippen molar-refractivity contribution in [3.05, 3.63) is 0 Å². The number of hydrogen-bond donors (Lipinski definition) is 0. The zero-order valence-corrected chi connectivity index (χ0v) is 4.77. The zero-order valence-electron chi connectivity index (χ0n) is 4.77. The molecular weight excluding hydrogens is 90.1 g/mol. The van der Waals surface area contributed by atoms with Gasteiger partial charge in [-0.2, -0.15) is 0 Å². The zero-order chi connectivity index (χ0) is 5.54. The van der Waals surface area contributed by atoms with Crippen LogP contribution in [-0.2, 0) is 4.74 Å². The fourth-order valence-corrected chi connectivity index (χ4v) is 0.212. The first-order valence-corrected chi connectivity index (χ1v) is 2.31. The minimum Gasteiger partial charge on any atom is -0.375 e. The van der Waals surface area contributed by atoms with Gasteiger partial charge in [-0.1, -0.05) is 0 Å². The molecule has 0 aliphatic rings. The predicted octanol–water partition coefficient (Wildman–Crippen LogP) is 0.601. The molecule has 0 spiro atoms. The lowest BCUT2D eigenvalue weighted by Gasteiger charge is -1.87. The second kappa shape index (κ2) is 5.63. The molecule has 41 valence electrons. The van der Waals surface area contributed by atoms with Gasteiger partial charge in [0.25, 0.3) is 0 Å². The number of aliphatic imine (C=N–C) groups is 1. The highest BCUT2D eigenvalue weighted by molar-refractivity contribution is 5.57. The Hall–Kier alpha value is -0.370. The van der Waals surface area contributed by atoms with Crippen LogP contribution in [0.5, 0.6) is 0 Å². The summed E-state index contributed by atoms with van der Waals surface area (Å²) in [7, 11) is 1.68. The summed E-state index contributed by atoms with van der Waals surface area (Å²) in [5, 5.41) is 0. The first-order chi connectivity index (χ1) is 3.41. The van der Waals surface area contributed by atoms with Gasteiger partial charge in [0.15, 0.2) is 0 Å². The maximum absolute atomic E-state index is 4.87. The summed E-state index contributed by atoms with van der Waals surface area (Å²) in [5.74, 6) is 0. The van der Waals surface area contributed by atoms with Crippen molar-refractivity contribution in [2.75, 3.05) is 20.3 Å². The van der Waals surface area contributed by atoms with Crippen molar-refractivity contribution in [3.8, 4) is 0 Å². The van der Waals surface area contributed by atoms with Gasteiger partial charge in [0, 0.05) is 13.7 Å². The molecule has 0 aliphatic heterocycles. The van der Waals surface area contributed by atoms with E-state index in [1.165, 1.54) is 0 Å². The molecule has 0 N–H and O–H groups in total. The lowest BCUT2D eigenvalue weighted by molar-refractivity contribution is 0.190. The minimum atomic E-state index is 0.521. The summed E-state index contributed by atoms with van der Waals surface area (Å²) in [4.78, 5) is 3.60. The topological polar surface area (TPSA) is 21.6 Å². The van der Waals surface area contributed by atoms with E-state index in [2.05, 4.69) is 11.2 Å². The van der Waals surface area contributed by atoms with Crippen molar-refractivity contribution in [2.24, 2.45) is 4.99 Å². The van der Waals surface area contributed by atoms with Crippen molar-refractivity contribution in [1.82, 2.24) is 0 Å². The Bertz CT molecular complexity index is 52.0. The van der Waals surface area contributed by atoms with Crippen LogP contribution >= 0.6 is 0 Å². The molecule has 2 nitrogen and oxygen atoms in total. The summed E-state index contributed by atoms with van der Waals surface area (Å²) in [6.45, 7) is 3.20. The number of nitrogens with zero attached hydrogens (tertiary/aromatic N) is 1. The molecule has 1 radical (unpaired) electrons. The third kappa shape index (κ3) is 5.63. The van der Waals surface area contributed by atoms with Gasteiger partial charge in [-0.25, -0.2) is 0 Å². The van der Waals surface area contributed by atoms with Gasteiger partial charge in [0.2, 0.25) is 0 Å². The Morgan fingerprint density at radius 1 is 1.71 bits per heavy atom. The van der Waals surface area contributed by atoms with Gasteiger partial charge in [-0.15, -0.1) is 0 Å². The largest absolute Gasteiger partial charge is 0.375 e. The van der Waals surface area contributed by atoms with Crippen molar-refractivity contribution in [2.45, 2.75) is 6.92 Å². The molecule has 0 aromatic carbocycles. The molecule has 0 unspecified atom stereocenters. The van der Waals surface area contributed by atoms with Crippen LogP contribution in [0.15, 0.2) is 4.99 Å². The molecule has 7 heavy (non-hydrogen) atoms. The van der Waals surface area contributed by atoms with E-state index in [0.717, 1.165) is 6.61 Å². The van der Waals surface area contributed by atoms with Crippen molar-refractivity contribution >= 4 is 6.21 Å². The average Bonchev–Trinajstić information content (AvgIpc) is 1.69. The van der Waals surface area contributed by atoms with Crippen LogP contribution in [0.4, 0.5) is 0 Å². The van der Waals surface area contributed by atoms with E-state index in [0.29, 0.717) is 6.61 Å². The smallest absolute Gasteiger partial charge is 0.0902 e. The highest BCUT2D eigenvalue weighted by atomic mass is 16.5. The maximum atomic E-state index is 4.87. The van der Waals surface area contributed by atoms with Gasteiger partial charge in [-0.3, -0.25) is 4.99 Å². The second-order valence-corrected chi connectivity index (χ2v) is 1.02. The van der Waals surface area contributed by atoms with Crippen LogP contribution in [0.25, 0.3) is 0 Å². The van der Waals surface area contributed by atoms with Crippen molar-refractivity contribution < 1.29 is 4.74 Å². The van der Waals surface area contributed by atoms with E-state index in [1.807, 2.05) is 6.92 Å². The summed E-state index contributed by atoms with van der Waals surface area (Å²) in [5.41, 5.74) is 0. The average molecular weight is 100 g/mol. The molecule has 0 aromatic rings. The summed E-state index contributed by atoms with van der Waals surface area (Å²) in [6.07, 6.45) is 2.65. The monoisotopic (exact) mass is 100 g/mol. The highest BCUT2D eigenvalue weighted by Gasteiger charge is 1.72. The molecule has 0 aromatic heterocycles. The van der Waals surface area contributed by atoms with E-state index in [9.17, 15) is 0 Å². The summed E-state index contributed by atoms with van der Waals surface area (Å²) >= 11 is 0. The molecular formula is C5H10NO. The molecule has 0 rings (SSSR count). The molecule has 0 amide bonds. The molecule has 0 bridgehead atoms. The quantitative estimate of drug-likeness (QED) is 0.376. The fourth-order valence-electron chi connectivity index (χ4n) is 0.212. The van der Waals surface area contributed by atoms with E-state index < -0.39 is 0 Å². The molecule has 0 atom stereocenters. The fraction of sp³-hybridized carbons (Fsp3) is 0.800. The Labute approximate surface area is 44.2 Å². The molecule has 2 heteroatoms. The van der Waals surface area contributed by atoms with Gasteiger partial charge >= 0.3 is 0 Å². The van der Waals surface area contributed by atoms with E-state index in [-0.39, 0.29) is 0 Å². The first-order valence-electron chi connectivity index (χ1n) is 2.31. The Morgan fingerprint density at radius 3 is 2.86 bits per heavy atom. The van der Waals surface area contributed by atoms with Crippen LogP contribution in [0, 0.1) is 0 Å². The van der Waals surface area contributed by atoms with E-state index in [1.54, 1.807) is 7.05 Å². The van der Waals surface area contributed by atoms with Crippen LogP contribution < -0.4 is 0 Å². The van der Waals surface area contributed by atoms with Crippen LogP contribution in [-0.4, -0.2) is 26.5 Å².